The fourth-order valence-electron chi connectivity index (χ4n) is 1.75. The summed E-state index contributed by atoms with van der Waals surface area (Å²) >= 11 is 0. The third kappa shape index (κ3) is 9.23. The average Bonchev–Trinajstić information content (AvgIpc) is 2.90. The van der Waals surface area contributed by atoms with Crippen molar-refractivity contribution in [3.8, 4) is 0 Å². The molecule has 0 aromatic carbocycles. The third-order valence-electron chi connectivity index (χ3n) is 3.12. The van der Waals surface area contributed by atoms with Gasteiger partial charge in [-0.05, 0) is 12.8 Å². The molecule has 0 atom stereocenters. The minimum Gasteiger partial charge on any atom is -0.421 e. The summed E-state index contributed by atoms with van der Waals surface area (Å²) in [7, 11) is -11.4. The van der Waals surface area contributed by atoms with E-state index in [1.54, 1.807) is 0 Å². The van der Waals surface area contributed by atoms with Gasteiger partial charge in [0.1, 0.15) is 12.4 Å². The first-order valence-corrected chi connectivity index (χ1v) is 10.8. The molecule has 15 heteroatoms. The van der Waals surface area contributed by atoms with Crippen LogP contribution in [-0.2, 0) is 33.6 Å². The van der Waals surface area contributed by atoms with Crippen molar-refractivity contribution in [2.24, 2.45) is 7.05 Å². The Morgan fingerprint density at radius 3 is 1.71 bits per heavy atom. The van der Waals surface area contributed by atoms with Gasteiger partial charge in [-0.15, -0.1) is 0 Å². The Hall–Kier alpha value is -1.35. The van der Waals surface area contributed by atoms with Crippen LogP contribution < -0.4 is 4.57 Å². The molecule has 28 heavy (non-hydrogen) atoms. The first-order valence-electron chi connectivity index (χ1n) is 7.91. The van der Waals surface area contributed by atoms with Crippen molar-refractivity contribution in [3.05, 3.63) is 22.8 Å². The molecule has 0 aliphatic rings. The van der Waals surface area contributed by atoms with E-state index in [0.29, 0.717) is 0 Å². The smallest absolute Gasteiger partial charge is 0.421 e. The molecule has 0 N–H and O–H groups in total. The van der Waals surface area contributed by atoms with Crippen LogP contribution in [0.1, 0.15) is 39.0 Å². The van der Waals surface area contributed by atoms with E-state index in [1.807, 2.05) is 0 Å². The van der Waals surface area contributed by atoms with Crippen LogP contribution in [0.15, 0.2) is 18.7 Å². The highest BCUT2D eigenvalue weighted by molar-refractivity contribution is 8.13. The zero-order chi connectivity index (χ0) is 22.2. The second kappa shape index (κ2) is 10.4. The molecule has 1 aromatic heterocycles. The van der Waals surface area contributed by atoms with Crippen molar-refractivity contribution in [2.45, 2.75) is 56.6 Å². The molecule has 0 fully saturated rings. The summed E-state index contributed by atoms with van der Waals surface area (Å²) in [5.74, 6) is 0. The molecule has 1 aromatic rings. The van der Waals surface area contributed by atoms with Crippen molar-refractivity contribution in [3.63, 3.8) is 0 Å². The second-order valence-electron chi connectivity index (χ2n) is 5.65. The van der Waals surface area contributed by atoms with Crippen molar-refractivity contribution in [1.29, 1.82) is 0 Å². The predicted molar refractivity (Wildman–Crippen MR) is 87.7 cm³/mol. The van der Waals surface area contributed by atoms with Crippen LogP contribution in [0.25, 0.3) is 4.13 Å². The number of imidazole rings is 1. The van der Waals surface area contributed by atoms with Crippen molar-refractivity contribution in [2.75, 3.05) is 0 Å². The van der Waals surface area contributed by atoms with E-state index in [1.165, 1.54) is 38.6 Å². The standard InChI is InChI=1S/C11H21N2.C2F6NO4S2/c1-3-4-5-6-7-8-13-10-9-12(2)11-13;3-1(4,5)14(10,11)9-15(12,13)2(6,7)8/h9-11H,3-8H2,1-2H3;/q+1;-1. The quantitative estimate of drug-likeness (QED) is 0.337. The van der Waals surface area contributed by atoms with Gasteiger partial charge in [0.2, 0.25) is 6.33 Å². The highest BCUT2D eigenvalue weighted by atomic mass is 32.3. The van der Waals surface area contributed by atoms with Gasteiger partial charge in [0.05, 0.1) is 13.6 Å². The molecule has 166 valence electrons. The van der Waals surface area contributed by atoms with Crippen LogP contribution in [0, 0.1) is 0 Å². The number of aryl methyl sites for hydroxylation is 2. The Kier molecular flexibility index (Phi) is 9.93. The normalized spacial score (nSPS) is 13.1. The molecular weight excluding hydrogens is 440 g/mol. The lowest BCUT2D eigenvalue weighted by Crippen LogP contribution is -2.30. The fraction of sp³-hybridized carbons (Fsp3) is 0.769. The molecule has 7 nitrogen and oxygen atoms in total. The molecule has 0 bridgehead atoms. The number of nitrogens with zero attached hydrogens (tertiary/aromatic N) is 3. The maximum absolute atomic E-state index is 11.4. The van der Waals surface area contributed by atoms with Gasteiger partial charge in [-0.3, -0.25) is 0 Å². The van der Waals surface area contributed by atoms with Crippen LogP contribution in [-0.4, -0.2) is 32.4 Å². The number of sulfonamides is 2. The maximum atomic E-state index is 11.4. The summed E-state index contributed by atoms with van der Waals surface area (Å²) < 4.78 is 114. The Balaban J connectivity index is 0.000000525. The highest BCUT2D eigenvalue weighted by Gasteiger charge is 2.46. The number of unbranched alkanes of at least 4 members (excludes halogenated alkanes) is 4. The third-order valence-corrected chi connectivity index (χ3v) is 5.86. The number of rotatable bonds is 8. The Morgan fingerprint density at radius 2 is 1.36 bits per heavy atom. The van der Waals surface area contributed by atoms with E-state index in [9.17, 15) is 43.2 Å². The topological polar surface area (TPSA) is 91.2 Å². The molecule has 1 rings (SSSR count). The number of hydrogen-bond donors (Lipinski definition) is 0. The molecule has 0 saturated heterocycles. The molecule has 0 saturated carbocycles. The fourth-order valence-corrected chi connectivity index (χ4v) is 3.46. The van der Waals surface area contributed by atoms with Crippen LogP contribution >= 0.6 is 0 Å². The lowest BCUT2D eigenvalue weighted by atomic mass is 10.1. The summed E-state index contributed by atoms with van der Waals surface area (Å²) in [4.78, 5) is 0. The van der Waals surface area contributed by atoms with E-state index >= 15 is 0 Å². The van der Waals surface area contributed by atoms with Gasteiger partial charge in [-0.25, -0.2) is 26.0 Å². The van der Waals surface area contributed by atoms with Gasteiger partial charge in [-0.2, -0.15) is 26.3 Å². The van der Waals surface area contributed by atoms with E-state index in [4.69, 9.17) is 0 Å². The lowest BCUT2D eigenvalue weighted by Gasteiger charge is -2.22. The minimum absolute atomic E-state index is 0.778. The summed E-state index contributed by atoms with van der Waals surface area (Å²) in [5.41, 5.74) is -12.4. The van der Waals surface area contributed by atoms with Gasteiger partial charge < -0.3 is 4.13 Å². The number of alkyl halides is 6. The average molecular weight is 461 g/mol. The zero-order valence-corrected chi connectivity index (χ0v) is 16.7. The molecule has 0 aliphatic heterocycles. The predicted octanol–water partition coefficient (Wildman–Crippen LogP) is 3.34. The van der Waals surface area contributed by atoms with Crippen molar-refractivity contribution < 1.29 is 47.7 Å². The molecule has 0 unspecified atom stereocenters. The molecular formula is C13H21F6N3O4S2. The Labute approximate surface area is 159 Å². The molecule has 0 radical (unpaired) electrons. The Bertz CT molecular complexity index is 759. The summed E-state index contributed by atoms with van der Waals surface area (Å²) in [6.07, 6.45) is 13.2. The summed E-state index contributed by atoms with van der Waals surface area (Å²) in [6.45, 7) is 3.43. The van der Waals surface area contributed by atoms with E-state index in [-0.39, 0.29) is 0 Å². The van der Waals surface area contributed by atoms with E-state index in [0.717, 1.165) is 4.13 Å². The largest absolute Gasteiger partial charge is 0.480 e. The van der Waals surface area contributed by atoms with Gasteiger partial charge in [-0.1, -0.05) is 26.2 Å². The van der Waals surface area contributed by atoms with Gasteiger partial charge in [0.25, 0.3) is 0 Å². The monoisotopic (exact) mass is 461 g/mol. The van der Waals surface area contributed by atoms with Gasteiger partial charge in [0, 0.05) is 0 Å². The van der Waals surface area contributed by atoms with Crippen LogP contribution in [0.3, 0.4) is 0 Å². The SMILES string of the molecule is CCCCCCCn1cc[n+](C)c1.O=S(=O)([N-]S(=O)(=O)C(F)(F)F)C(F)(F)F. The van der Waals surface area contributed by atoms with Gasteiger partial charge in [0.15, 0.2) is 20.0 Å². The van der Waals surface area contributed by atoms with Gasteiger partial charge >= 0.3 is 11.0 Å². The second-order valence-corrected chi connectivity index (χ2v) is 9.07. The van der Waals surface area contributed by atoms with E-state index < -0.39 is 31.1 Å². The molecule has 0 amide bonds. The highest BCUT2D eigenvalue weighted by Crippen LogP contribution is 2.36. The molecule has 1 heterocycles. The number of aromatic nitrogens is 2. The first-order chi connectivity index (χ1) is 12.5. The maximum Gasteiger partial charge on any atom is 0.480 e. The van der Waals surface area contributed by atoms with Crippen LogP contribution in [0.5, 0.6) is 0 Å². The number of halogens is 6. The lowest BCUT2D eigenvalue weighted by molar-refractivity contribution is -0.671. The van der Waals surface area contributed by atoms with Crippen molar-refractivity contribution >= 4 is 20.0 Å². The minimum atomic E-state index is -6.72. The van der Waals surface area contributed by atoms with E-state index in [2.05, 4.69) is 41.8 Å². The molecule has 0 aliphatic carbocycles. The zero-order valence-electron chi connectivity index (χ0n) is 15.0. The van der Waals surface area contributed by atoms with Crippen molar-refractivity contribution in [1.82, 2.24) is 4.57 Å². The molecule has 0 spiro atoms. The summed E-state index contributed by atoms with van der Waals surface area (Å²) in [5, 5.41) is 0. The van der Waals surface area contributed by atoms with Crippen LogP contribution in [0.2, 0.25) is 0 Å². The number of hydrogen-bond acceptors (Lipinski definition) is 4. The summed E-state index contributed by atoms with van der Waals surface area (Å²) in [6, 6.07) is 0. The Morgan fingerprint density at radius 1 is 0.893 bits per heavy atom. The first kappa shape index (κ1) is 26.6. The van der Waals surface area contributed by atoms with Crippen LogP contribution in [0.4, 0.5) is 26.3 Å².